The zero-order chi connectivity index (χ0) is 38.8. The Kier molecular flexibility index (Phi) is 12.3. The van der Waals surface area contributed by atoms with E-state index in [4.69, 9.17) is 28.4 Å². The van der Waals surface area contributed by atoms with E-state index in [1.54, 1.807) is 31.2 Å². The maximum atomic E-state index is 14.5. The third-order valence-corrected chi connectivity index (χ3v) is 12.3. The highest BCUT2D eigenvalue weighted by atomic mass is 32.1. The maximum Gasteiger partial charge on any atom is 0.331 e. The number of carbonyl (C=O) groups excluding carboxylic acids is 3. The third kappa shape index (κ3) is 8.45. The molecule has 11 heteroatoms. The number of hydrogen-bond donors (Lipinski definition) is 1. The minimum absolute atomic E-state index is 0.00749. The van der Waals surface area contributed by atoms with E-state index < -0.39 is 65.7 Å². The van der Waals surface area contributed by atoms with Crippen molar-refractivity contribution < 1.29 is 47.9 Å². The first-order valence-electron chi connectivity index (χ1n) is 19.1. The van der Waals surface area contributed by atoms with E-state index in [1.807, 2.05) is 49.6 Å². The van der Waals surface area contributed by atoms with Gasteiger partial charge in [-0.25, -0.2) is 4.79 Å². The molecule has 0 unspecified atom stereocenters. The lowest BCUT2D eigenvalue weighted by molar-refractivity contribution is -0.300. The predicted octanol–water partition coefficient (Wildman–Crippen LogP) is 7.20. The van der Waals surface area contributed by atoms with Crippen LogP contribution in [0.5, 0.6) is 0 Å². The van der Waals surface area contributed by atoms with Gasteiger partial charge in [-0.05, 0) is 66.5 Å². The number of fused-ring (bicyclic) bond motifs is 2. The van der Waals surface area contributed by atoms with Gasteiger partial charge in [0.25, 0.3) is 0 Å². The van der Waals surface area contributed by atoms with Crippen molar-refractivity contribution in [3.05, 3.63) is 87.7 Å². The van der Waals surface area contributed by atoms with Crippen LogP contribution in [0.2, 0.25) is 0 Å². The Morgan fingerprint density at radius 1 is 1.09 bits per heavy atom. The quantitative estimate of drug-likeness (QED) is 0.138. The molecular weight excluding hydrogens is 709 g/mol. The van der Waals surface area contributed by atoms with E-state index in [0.29, 0.717) is 24.0 Å². The molecule has 5 heterocycles. The van der Waals surface area contributed by atoms with E-state index in [0.717, 1.165) is 16.9 Å². The number of esters is 3. The lowest BCUT2D eigenvalue weighted by Gasteiger charge is -2.48. The molecule has 1 spiro atoms. The minimum Gasteiger partial charge on any atom is -0.462 e. The summed E-state index contributed by atoms with van der Waals surface area (Å²) in [5.74, 6) is -3.69. The number of thiophene rings is 1. The molecule has 1 aromatic heterocycles. The number of hydrogen-bond acceptors (Lipinski definition) is 11. The first-order chi connectivity index (χ1) is 25.7. The molecule has 1 aliphatic carbocycles. The van der Waals surface area contributed by atoms with Crippen LogP contribution in [0, 0.1) is 23.7 Å². The molecule has 6 rings (SSSR count). The van der Waals surface area contributed by atoms with E-state index in [1.165, 1.54) is 24.3 Å². The van der Waals surface area contributed by atoms with Gasteiger partial charge >= 0.3 is 17.9 Å². The molecule has 54 heavy (non-hydrogen) atoms. The van der Waals surface area contributed by atoms with Gasteiger partial charge in [0, 0.05) is 42.6 Å². The first-order valence-corrected chi connectivity index (χ1v) is 20.0. The minimum atomic E-state index is -1.89. The molecule has 4 aliphatic heterocycles. The molecule has 12 atom stereocenters. The van der Waals surface area contributed by atoms with Crippen molar-refractivity contribution in [2.75, 3.05) is 6.61 Å². The Labute approximate surface area is 322 Å². The highest BCUT2D eigenvalue weighted by molar-refractivity contribution is 7.10. The second-order valence-electron chi connectivity index (χ2n) is 15.5. The number of aliphatic hydroxyl groups is 1. The summed E-state index contributed by atoms with van der Waals surface area (Å²) in [6.45, 7) is 13.5. The Morgan fingerprint density at radius 2 is 1.89 bits per heavy atom. The number of ether oxygens (including phenoxy) is 6. The molecule has 5 aliphatic rings. The number of allylic oxidation sites excluding steroid dienone is 2. The topological polar surface area (TPSA) is 127 Å². The molecule has 1 aromatic rings. The number of rotatable bonds is 6. The van der Waals surface area contributed by atoms with Crippen molar-refractivity contribution in [3.8, 4) is 0 Å². The maximum absolute atomic E-state index is 14.5. The largest absolute Gasteiger partial charge is 0.462 e. The Hall–Kier alpha value is -3.61. The second kappa shape index (κ2) is 16.6. The average molecular weight is 763 g/mol. The fourth-order valence-electron chi connectivity index (χ4n) is 8.36. The molecule has 2 bridgehead atoms. The van der Waals surface area contributed by atoms with Crippen LogP contribution in [0.3, 0.4) is 0 Å². The van der Waals surface area contributed by atoms with Crippen LogP contribution in [0.15, 0.2) is 82.8 Å². The van der Waals surface area contributed by atoms with Crippen molar-refractivity contribution in [3.63, 3.8) is 0 Å². The molecule has 1 N–H and O–H groups in total. The van der Waals surface area contributed by atoms with Crippen LogP contribution in [0.4, 0.5) is 0 Å². The first kappa shape index (κ1) is 40.1. The molecule has 0 aromatic carbocycles. The van der Waals surface area contributed by atoms with Gasteiger partial charge in [-0.1, -0.05) is 76.6 Å². The Balaban J connectivity index is 1.38. The van der Waals surface area contributed by atoms with Crippen LogP contribution in [0.25, 0.3) is 6.08 Å². The molecule has 2 saturated heterocycles. The highest BCUT2D eigenvalue weighted by Crippen LogP contribution is 2.47. The molecule has 0 saturated carbocycles. The summed E-state index contributed by atoms with van der Waals surface area (Å²) in [5, 5.41) is 14.6. The summed E-state index contributed by atoms with van der Waals surface area (Å²) in [5.41, 5.74) is -0.0291. The van der Waals surface area contributed by atoms with Crippen LogP contribution in [-0.2, 0) is 42.8 Å². The van der Waals surface area contributed by atoms with E-state index in [9.17, 15) is 19.5 Å². The van der Waals surface area contributed by atoms with Gasteiger partial charge in [0.05, 0.1) is 18.8 Å². The zero-order valence-electron chi connectivity index (χ0n) is 32.3. The summed E-state index contributed by atoms with van der Waals surface area (Å²) in [6, 6.07) is 3.78. The van der Waals surface area contributed by atoms with Crippen molar-refractivity contribution in [1.82, 2.24) is 0 Å². The van der Waals surface area contributed by atoms with Crippen LogP contribution in [0.1, 0.15) is 79.0 Å². The normalized spacial score (nSPS) is 40.0. The van der Waals surface area contributed by atoms with Crippen LogP contribution >= 0.6 is 11.3 Å². The molecule has 292 valence electrons. The summed E-state index contributed by atoms with van der Waals surface area (Å²) in [7, 11) is 0. The SMILES string of the molecule is CC[C@H](C)[C@H]1O[C@]2(C=C[C@@H]1C)C[C@@H]1C[C@@H](C/C=C(\C)[C@@H](OC(C)=O)[C@@H](C)/C=C/C=C3\CO[C@@H]4[C@H](OC(=O)/C=C/c5cccs5)C(C)=C[C@@H](C(=O)O1)[C@]34O)O2. The summed E-state index contributed by atoms with van der Waals surface area (Å²) in [4.78, 5) is 40.7. The summed E-state index contributed by atoms with van der Waals surface area (Å²) in [6.07, 6.45) is 14.6. The van der Waals surface area contributed by atoms with Crippen molar-refractivity contribution in [1.29, 1.82) is 0 Å². The van der Waals surface area contributed by atoms with Crippen molar-refractivity contribution in [2.45, 2.75) is 122 Å². The Morgan fingerprint density at radius 3 is 2.61 bits per heavy atom. The lowest BCUT2D eigenvalue weighted by atomic mass is 9.70. The second-order valence-corrected chi connectivity index (χ2v) is 16.5. The van der Waals surface area contributed by atoms with E-state index in [-0.39, 0.29) is 36.9 Å². The predicted molar refractivity (Wildman–Crippen MR) is 205 cm³/mol. The van der Waals surface area contributed by atoms with Gasteiger partial charge in [0.2, 0.25) is 0 Å². The highest BCUT2D eigenvalue weighted by Gasteiger charge is 2.61. The van der Waals surface area contributed by atoms with Crippen molar-refractivity contribution >= 4 is 35.3 Å². The molecule has 2 fully saturated rings. The average Bonchev–Trinajstić information content (AvgIpc) is 3.78. The van der Waals surface area contributed by atoms with Crippen LogP contribution in [-0.4, -0.2) is 77.6 Å². The molecular formula is C43H54O10S. The van der Waals surface area contributed by atoms with Gasteiger partial charge in [0.15, 0.2) is 11.9 Å². The third-order valence-electron chi connectivity index (χ3n) is 11.5. The van der Waals surface area contributed by atoms with Gasteiger partial charge in [0.1, 0.15) is 29.8 Å². The van der Waals surface area contributed by atoms with Gasteiger partial charge in [-0.3, -0.25) is 9.59 Å². The molecule has 0 amide bonds. The fraction of sp³-hybridized carbons (Fsp3) is 0.558. The van der Waals surface area contributed by atoms with E-state index >= 15 is 0 Å². The smallest absolute Gasteiger partial charge is 0.331 e. The lowest BCUT2D eigenvalue weighted by Crippen LogP contribution is -2.59. The zero-order valence-corrected chi connectivity index (χ0v) is 33.1. The van der Waals surface area contributed by atoms with Gasteiger partial charge < -0.3 is 33.5 Å². The molecule has 0 radical (unpaired) electrons. The van der Waals surface area contributed by atoms with Crippen molar-refractivity contribution in [2.24, 2.45) is 23.7 Å². The molecule has 10 nitrogen and oxygen atoms in total. The van der Waals surface area contributed by atoms with Crippen LogP contribution < -0.4 is 0 Å². The Bertz CT molecular complexity index is 1740. The standard InChI is InChI=1S/C43H54O10S/c1-8-25(2)38-28(5)18-19-42(53-38)23-33-22-32(52-42)15-14-27(4)37(49-30(7)44)26(3)11-9-12-31-24-48-40-39(51-36(45)17-16-34-13-10-20-54-34)29(6)21-35(41(46)50-33)43(31,40)47/h9-14,16-21,25-26,28,32-33,35,37-40,47H,8,15,22-24H2,1-7H3/b11-9+,17-16+,27-14+,31-12+/t25-,26-,28-,32+,33-,35-,37-,38+,39+,40+,42+,43+/m0/s1. The monoisotopic (exact) mass is 762 g/mol. The van der Waals surface area contributed by atoms with Gasteiger partial charge in [-0.15, -0.1) is 11.3 Å². The van der Waals surface area contributed by atoms with Gasteiger partial charge in [-0.2, -0.15) is 0 Å². The fourth-order valence-corrected chi connectivity index (χ4v) is 8.98. The number of carbonyl (C=O) groups is 3. The summed E-state index contributed by atoms with van der Waals surface area (Å²) >= 11 is 1.49. The van der Waals surface area contributed by atoms with E-state index in [2.05, 4.69) is 26.8 Å². The summed E-state index contributed by atoms with van der Waals surface area (Å²) < 4.78 is 37.9.